The second-order valence-corrected chi connectivity index (χ2v) is 6.78. The lowest BCUT2D eigenvalue weighted by atomic mass is 10.0. The van der Waals surface area contributed by atoms with Gasteiger partial charge in [0.1, 0.15) is 0 Å². The van der Waals surface area contributed by atoms with Gasteiger partial charge in [-0.25, -0.2) is 0 Å². The quantitative estimate of drug-likeness (QED) is 0.770. The number of aryl methyl sites for hydroxylation is 1. The van der Waals surface area contributed by atoms with Crippen molar-refractivity contribution >= 4 is 17.2 Å². The first-order valence-electron chi connectivity index (χ1n) is 8.25. The van der Waals surface area contributed by atoms with Crippen molar-refractivity contribution in [1.29, 1.82) is 0 Å². The molecule has 0 radical (unpaired) electrons. The van der Waals surface area contributed by atoms with Gasteiger partial charge in [-0.1, -0.05) is 43.7 Å². The normalized spacial score (nSPS) is 13.5. The van der Waals surface area contributed by atoms with Crippen molar-refractivity contribution < 1.29 is 4.79 Å². The van der Waals surface area contributed by atoms with Gasteiger partial charge in [0.25, 0.3) is 0 Å². The zero-order valence-electron chi connectivity index (χ0n) is 14.1. The Morgan fingerprint density at radius 3 is 2.52 bits per heavy atom. The van der Waals surface area contributed by atoms with Crippen LogP contribution < -0.4 is 10.6 Å². The van der Waals surface area contributed by atoms with E-state index < -0.39 is 0 Å². The molecular formula is C19H26N2OS. The molecule has 0 spiro atoms. The maximum atomic E-state index is 11.9. The highest BCUT2D eigenvalue weighted by molar-refractivity contribution is 7.10. The molecule has 0 aliphatic heterocycles. The minimum atomic E-state index is -0.244. The monoisotopic (exact) mass is 330 g/mol. The summed E-state index contributed by atoms with van der Waals surface area (Å²) < 4.78 is 0. The summed E-state index contributed by atoms with van der Waals surface area (Å²) in [5.41, 5.74) is 2.57. The molecule has 1 heterocycles. The third-order valence-electron chi connectivity index (χ3n) is 4.02. The van der Waals surface area contributed by atoms with E-state index in [2.05, 4.69) is 59.3 Å². The Balaban J connectivity index is 2.18. The molecule has 1 amide bonds. The fraction of sp³-hybridized carbons (Fsp3) is 0.421. The zero-order valence-corrected chi connectivity index (χ0v) is 15.0. The van der Waals surface area contributed by atoms with Crippen LogP contribution in [-0.2, 0) is 11.2 Å². The van der Waals surface area contributed by atoms with Gasteiger partial charge in [-0.3, -0.25) is 10.1 Å². The Hall–Kier alpha value is -1.65. The van der Waals surface area contributed by atoms with Crippen LogP contribution >= 0.6 is 11.3 Å². The summed E-state index contributed by atoms with van der Waals surface area (Å²) in [4.78, 5) is 13.1. The summed E-state index contributed by atoms with van der Waals surface area (Å²) in [6.45, 7) is 4.11. The summed E-state index contributed by atoms with van der Waals surface area (Å²) in [7, 11) is 1.67. The third-order valence-corrected chi connectivity index (χ3v) is 4.95. The number of carbonyl (C=O) groups excluding carboxylic acids is 1. The van der Waals surface area contributed by atoms with E-state index in [9.17, 15) is 4.79 Å². The zero-order chi connectivity index (χ0) is 16.7. The average Bonchev–Trinajstić information content (AvgIpc) is 3.11. The highest BCUT2D eigenvalue weighted by Crippen LogP contribution is 2.27. The van der Waals surface area contributed by atoms with Gasteiger partial charge in [-0.2, -0.15) is 0 Å². The van der Waals surface area contributed by atoms with Crippen LogP contribution in [0.3, 0.4) is 0 Å². The van der Waals surface area contributed by atoms with Gasteiger partial charge in [0.05, 0.1) is 12.1 Å². The van der Waals surface area contributed by atoms with E-state index in [4.69, 9.17) is 0 Å². The van der Waals surface area contributed by atoms with Crippen molar-refractivity contribution in [3.63, 3.8) is 0 Å². The van der Waals surface area contributed by atoms with E-state index >= 15 is 0 Å². The van der Waals surface area contributed by atoms with Gasteiger partial charge in [-0.05, 0) is 42.3 Å². The molecule has 1 aromatic carbocycles. The van der Waals surface area contributed by atoms with Crippen LogP contribution in [0.1, 0.15) is 48.7 Å². The smallest absolute Gasteiger partial charge is 0.236 e. The lowest BCUT2D eigenvalue weighted by Gasteiger charge is -2.22. The molecule has 3 nitrogen and oxygen atoms in total. The molecule has 4 heteroatoms. The van der Waals surface area contributed by atoms with Gasteiger partial charge < -0.3 is 5.32 Å². The molecule has 124 valence electrons. The summed E-state index contributed by atoms with van der Waals surface area (Å²) >= 11 is 1.71. The SMILES string of the molecule is CCCCc1ccc([C@H](N[C@@H](C)C(=O)NC)c2cccs2)cc1. The Bertz CT molecular complexity index is 592. The minimum Gasteiger partial charge on any atom is -0.358 e. The van der Waals surface area contributed by atoms with E-state index in [0.29, 0.717) is 0 Å². The molecule has 0 unspecified atom stereocenters. The topological polar surface area (TPSA) is 41.1 Å². The molecule has 2 N–H and O–H groups in total. The van der Waals surface area contributed by atoms with Crippen LogP contribution in [-0.4, -0.2) is 19.0 Å². The molecule has 2 atom stereocenters. The first kappa shape index (κ1) is 17.7. The van der Waals surface area contributed by atoms with Crippen LogP contribution in [0.15, 0.2) is 41.8 Å². The number of amides is 1. The van der Waals surface area contributed by atoms with Crippen LogP contribution in [0.4, 0.5) is 0 Å². The summed E-state index contributed by atoms with van der Waals surface area (Å²) in [6, 6.07) is 12.7. The van der Waals surface area contributed by atoms with Crippen molar-refractivity contribution in [1.82, 2.24) is 10.6 Å². The number of rotatable bonds is 8. The molecule has 0 bridgehead atoms. The van der Waals surface area contributed by atoms with Crippen LogP contribution in [0.2, 0.25) is 0 Å². The number of likely N-dealkylation sites (N-methyl/N-ethyl adjacent to an activating group) is 1. The number of nitrogens with one attached hydrogen (secondary N) is 2. The van der Waals surface area contributed by atoms with Crippen molar-refractivity contribution in [2.45, 2.75) is 45.2 Å². The number of unbranched alkanes of at least 4 members (excludes halogenated alkanes) is 1. The molecule has 0 saturated carbocycles. The Morgan fingerprint density at radius 2 is 1.96 bits per heavy atom. The van der Waals surface area contributed by atoms with Gasteiger partial charge in [0.2, 0.25) is 5.91 Å². The number of hydrogen-bond donors (Lipinski definition) is 2. The van der Waals surface area contributed by atoms with Crippen molar-refractivity contribution in [3.8, 4) is 0 Å². The number of benzene rings is 1. The molecule has 0 saturated heterocycles. The first-order valence-corrected chi connectivity index (χ1v) is 9.13. The predicted octanol–water partition coefficient (Wildman–Crippen LogP) is 3.90. The molecule has 0 aliphatic rings. The fourth-order valence-electron chi connectivity index (χ4n) is 2.60. The standard InChI is InChI=1S/C19H26N2OS/c1-4-5-7-15-9-11-16(12-10-15)18(17-8-6-13-23-17)21-14(2)19(22)20-3/h6,8-14,18,21H,4-5,7H2,1-3H3,(H,20,22)/t14-,18-/m0/s1. The maximum Gasteiger partial charge on any atom is 0.236 e. The van der Waals surface area contributed by atoms with Crippen LogP contribution in [0.5, 0.6) is 0 Å². The molecule has 1 aromatic heterocycles. The maximum absolute atomic E-state index is 11.9. The Kier molecular flexibility index (Phi) is 6.81. The first-order chi connectivity index (χ1) is 11.2. The number of hydrogen-bond acceptors (Lipinski definition) is 3. The third kappa shape index (κ3) is 4.91. The fourth-order valence-corrected chi connectivity index (χ4v) is 3.41. The van der Waals surface area contributed by atoms with Crippen molar-refractivity contribution in [3.05, 3.63) is 57.8 Å². The van der Waals surface area contributed by atoms with E-state index in [0.717, 1.165) is 6.42 Å². The van der Waals surface area contributed by atoms with Crippen molar-refractivity contribution in [2.75, 3.05) is 7.05 Å². The van der Waals surface area contributed by atoms with E-state index in [1.165, 1.54) is 28.8 Å². The largest absolute Gasteiger partial charge is 0.358 e. The van der Waals surface area contributed by atoms with E-state index in [1.54, 1.807) is 18.4 Å². The number of thiophene rings is 1. The van der Waals surface area contributed by atoms with Gasteiger partial charge in [0, 0.05) is 11.9 Å². The summed E-state index contributed by atoms with van der Waals surface area (Å²) in [6.07, 6.45) is 3.56. The van der Waals surface area contributed by atoms with E-state index in [-0.39, 0.29) is 18.0 Å². The van der Waals surface area contributed by atoms with Gasteiger partial charge in [-0.15, -0.1) is 11.3 Å². The van der Waals surface area contributed by atoms with Crippen LogP contribution in [0, 0.1) is 0 Å². The number of carbonyl (C=O) groups is 1. The Labute approximate surface area is 143 Å². The highest BCUT2D eigenvalue weighted by atomic mass is 32.1. The molecule has 2 aromatic rings. The second-order valence-electron chi connectivity index (χ2n) is 5.80. The highest BCUT2D eigenvalue weighted by Gasteiger charge is 2.20. The Morgan fingerprint density at radius 1 is 1.22 bits per heavy atom. The molecule has 23 heavy (non-hydrogen) atoms. The van der Waals surface area contributed by atoms with Gasteiger partial charge >= 0.3 is 0 Å². The minimum absolute atomic E-state index is 0.00567. The van der Waals surface area contributed by atoms with Crippen LogP contribution in [0.25, 0.3) is 0 Å². The van der Waals surface area contributed by atoms with Gasteiger partial charge in [0.15, 0.2) is 0 Å². The molecule has 0 aliphatic carbocycles. The molecular weight excluding hydrogens is 304 g/mol. The predicted molar refractivity (Wildman–Crippen MR) is 97.9 cm³/mol. The van der Waals surface area contributed by atoms with Crippen molar-refractivity contribution in [2.24, 2.45) is 0 Å². The summed E-state index contributed by atoms with van der Waals surface area (Å²) in [5.74, 6) is 0.00567. The second kappa shape index (κ2) is 8.85. The molecule has 0 fully saturated rings. The average molecular weight is 330 g/mol. The van der Waals surface area contributed by atoms with E-state index in [1.807, 2.05) is 6.92 Å². The lowest BCUT2D eigenvalue weighted by molar-refractivity contribution is -0.122. The molecule has 2 rings (SSSR count). The summed E-state index contributed by atoms with van der Waals surface area (Å²) in [5, 5.41) is 8.22. The lowest BCUT2D eigenvalue weighted by Crippen LogP contribution is -2.42.